The van der Waals surface area contributed by atoms with Gasteiger partial charge in [0.05, 0.1) is 5.56 Å². The van der Waals surface area contributed by atoms with Gasteiger partial charge in [-0.3, -0.25) is 9.59 Å². The van der Waals surface area contributed by atoms with Crippen LogP contribution in [0.2, 0.25) is 0 Å². The van der Waals surface area contributed by atoms with Crippen LogP contribution in [0.1, 0.15) is 43.0 Å². The molecule has 0 saturated heterocycles. The van der Waals surface area contributed by atoms with Gasteiger partial charge in [-0.05, 0) is 89.4 Å². The first kappa shape index (κ1) is 29.9. The Morgan fingerprint density at radius 1 is 0.705 bits per heavy atom. The van der Waals surface area contributed by atoms with Gasteiger partial charge in [0.1, 0.15) is 29.7 Å². The van der Waals surface area contributed by atoms with Crippen molar-refractivity contribution in [2.75, 3.05) is 0 Å². The molecule has 0 aliphatic carbocycles. The first-order valence-electron chi connectivity index (χ1n) is 13.9. The molecule has 0 heterocycles. The molecule has 5 rings (SSSR count). The van der Waals surface area contributed by atoms with E-state index in [0.717, 1.165) is 5.56 Å². The molecule has 4 nitrogen and oxygen atoms in total. The highest BCUT2D eigenvalue weighted by Crippen LogP contribution is 2.38. The van der Waals surface area contributed by atoms with E-state index in [-0.39, 0.29) is 22.4 Å². The van der Waals surface area contributed by atoms with E-state index in [0.29, 0.717) is 34.6 Å². The molecule has 1 N–H and O–H groups in total. The van der Waals surface area contributed by atoms with E-state index in [1.807, 2.05) is 30.3 Å². The zero-order chi connectivity index (χ0) is 31.1. The van der Waals surface area contributed by atoms with Gasteiger partial charge < -0.3 is 9.84 Å². The number of aryl methyl sites for hydroxylation is 1. The van der Waals surface area contributed by atoms with Crippen LogP contribution in [0.3, 0.4) is 0 Å². The quantitative estimate of drug-likeness (QED) is 0.131. The molecule has 0 bridgehead atoms. The summed E-state index contributed by atoms with van der Waals surface area (Å²) in [4.78, 5) is 27.3. The Labute approximate surface area is 254 Å². The second-order valence-corrected chi connectivity index (χ2v) is 10.1. The summed E-state index contributed by atoms with van der Waals surface area (Å²) in [6.07, 6.45) is 5.72. The van der Waals surface area contributed by atoms with Crippen LogP contribution < -0.4 is 4.74 Å². The minimum atomic E-state index is -0.539. The van der Waals surface area contributed by atoms with Gasteiger partial charge in [0.15, 0.2) is 11.6 Å². The standard InChI is InChI=1S/C38H28F2O4/c1-25-23-35(43)38(34(42)22-12-27-9-17-31(40)18-10-27)37(36(25)33(41)21-11-26-7-15-30(39)16-8-26)29-13-19-32(20-14-29)44-24-28-5-3-2-4-6-28/h2-23,43H,24H2,1H3/b21-11+,22-12+. The Morgan fingerprint density at radius 3 is 1.77 bits per heavy atom. The predicted octanol–water partition coefficient (Wildman–Crippen LogP) is 9.02. The fraction of sp³-hybridized carbons (Fsp3) is 0.0526. The molecule has 0 amide bonds. The van der Waals surface area contributed by atoms with Crippen molar-refractivity contribution in [1.29, 1.82) is 0 Å². The lowest BCUT2D eigenvalue weighted by atomic mass is 9.86. The topological polar surface area (TPSA) is 63.6 Å². The number of rotatable bonds is 10. The van der Waals surface area contributed by atoms with E-state index >= 15 is 0 Å². The summed E-state index contributed by atoms with van der Waals surface area (Å²) in [5.41, 5.74) is 3.65. The molecule has 0 aliphatic heterocycles. The van der Waals surface area contributed by atoms with E-state index in [1.54, 1.807) is 49.4 Å². The Bertz CT molecular complexity index is 1750. The predicted molar refractivity (Wildman–Crippen MR) is 169 cm³/mol. The zero-order valence-electron chi connectivity index (χ0n) is 23.8. The van der Waals surface area contributed by atoms with Crippen molar-refractivity contribution in [2.45, 2.75) is 13.5 Å². The van der Waals surface area contributed by atoms with Gasteiger partial charge in [0.2, 0.25) is 0 Å². The molecule has 218 valence electrons. The van der Waals surface area contributed by atoms with Crippen LogP contribution in [0.5, 0.6) is 11.5 Å². The second-order valence-electron chi connectivity index (χ2n) is 10.1. The molecule has 0 fully saturated rings. The molecule has 0 aliphatic rings. The number of phenolic OH excluding ortho intramolecular Hbond substituents is 1. The molecular weight excluding hydrogens is 558 g/mol. The summed E-state index contributed by atoms with van der Waals surface area (Å²) in [5, 5.41) is 11.0. The number of ether oxygens (including phenoxy) is 1. The highest BCUT2D eigenvalue weighted by atomic mass is 19.1. The smallest absolute Gasteiger partial charge is 0.190 e. The highest BCUT2D eigenvalue weighted by Gasteiger charge is 2.24. The molecule has 44 heavy (non-hydrogen) atoms. The summed E-state index contributed by atoms with van der Waals surface area (Å²) >= 11 is 0. The lowest BCUT2D eigenvalue weighted by Gasteiger charge is -2.17. The van der Waals surface area contributed by atoms with Crippen LogP contribution in [-0.4, -0.2) is 16.7 Å². The molecule has 0 unspecified atom stereocenters. The number of hydrogen-bond donors (Lipinski definition) is 1. The maximum absolute atomic E-state index is 13.7. The van der Waals surface area contributed by atoms with E-state index in [9.17, 15) is 23.5 Å². The summed E-state index contributed by atoms with van der Waals surface area (Å²) < 4.78 is 32.7. The number of benzene rings is 5. The minimum absolute atomic E-state index is 0.0505. The van der Waals surface area contributed by atoms with Crippen LogP contribution in [0, 0.1) is 18.6 Å². The number of halogens is 2. The maximum atomic E-state index is 13.7. The van der Waals surface area contributed by atoms with Gasteiger partial charge in [0, 0.05) is 11.1 Å². The Morgan fingerprint density at radius 2 is 1.23 bits per heavy atom. The summed E-state index contributed by atoms with van der Waals surface area (Å²) in [6, 6.07) is 29.3. The minimum Gasteiger partial charge on any atom is -0.507 e. The summed E-state index contributed by atoms with van der Waals surface area (Å²) in [5.74, 6) is -1.43. The van der Waals surface area contributed by atoms with Crippen molar-refractivity contribution >= 4 is 23.7 Å². The Hall–Kier alpha value is -5.62. The number of hydrogen-bond acceptors (Lipinski definition) is 4. The molecule has 5 aromatic carbocycles. The maximum Gasteiger partial charge on any atom is 0.190 e. The Balaban J connectivity index is 1.55. The van der Waals surface area contributed by atoms with Crippen molar-refractivity contribution in [2.24, 2.45) is 0 Å². The average molecular weight is 587 g/mol. The van der Waals surface area contributed by atoms with E-state index in [4.69, 9.17) is 4.74 Å². The first-order chi connectivity index (χ1) is 21.3. The third kappa shape index (κ3) is 7.23. The number of ketones is 2. The van der Waals surface area contributed by atoms with Crippen molar-refractivity contribution in [3.63, 3.8) is 0 Å². The number of allylic oxidation sites excluding steroid dienone is 2. The lowest BCUT2D eigenvalue weighted by molar-refractivity contribution is 0.104. The van der Waals surface area contributed by atoms with Gasteiger partial charge >= 0.3 is 0 Å². The molecule has 0 aromatic heterocycles. The molecular formula is C38H28F2O4. The van der Waals surface area contributed by atoms with Crippen LogP contribution in [0.15, 0.2) is 121 Å². The van der Waals surface area contributed by atoms with Crippen LogP contribution >= 0.6 is 0 Å². The van der Waals surface area contributed by atoms with Crippen LogP contribution in [0.4, 0.5) is 8.78 Å². The Kier molecular flexibility index (Phi) is 9.21. The number of phenols is 1. The van der Waals surface area contributed by atoms with Gasteiger partial charge in [-0.2, -0.15) is 0 Å². The van der Waals surface area contributed by atoms with E-state index in [1.165, 1.54) is 60.7 Å². The SMILES string of the molecule is Cc1cc(O)c(C(=O)/C=C/c2ccc(F)cc2)c(-c2ccc(OCc3ccccc3)cc2)c1C(=O)/C=C/c1ccc(F)cc1. The van der Waals surface area contributed by atoms with Gasteiger partial charge in [-0.15, -0.1) is 0 Å². The van der Waals surface area contributed by atoms with Crippen molar-refractivity contribution in [3.8, 4) is 22.6 Å². The molecule has 0 radical (unpaired) electrons. The van der Waals surface area contributed by atoms with Crippen LogP contribution in [0.25, 0.3) is 23.3 Å². The third-order valence-corrected chi connectivity index (χ3v) is 6.98. The zero-order valence-corrected chi connectivity index (χ0v) is 23.8. The average Bonchev–Trinajstić information content (AvgIpc) is 3.03. The third-order valence-electron chi connectivity index (χ3n) is 6.98. The fourth-order valence-electron chi connectivity index (χ4n) is 4.77. The monoisotopic (exact) mass is 586 g/mol. The van der Waals surface area contributed by atoms with Crippen molar-refractivity contribution < 1.29 is 28.2 Å². The summed E-state index contributed by atoms with van der Waals surface area (Å²) in [7, 11) is 0. The van der Waals surface area contributed by atoms with E-state index in [2.05, 4.69) is 0 Å². The molecule has 0 atom stereocenters. The summed E-state index contributed by atoms with van der Waals surface area (Å²) in [6.45, 7) is 2.05. The lowest BCUT2D eigenvalue weighted by Crippen LogP contribution is -2.08. The normalized spacial score (nSPS) is 11.2. The largest absolute Gasteiger partial charge is 0.507 e. The van der Waals surface area contributed by atoms with Crippen molar-refractivity contribution in [1.82, 2.24) is 0 Å². The fourth-order valence-corrected chi connectivity index (χ4v) is 4.77. The number of aromatic hydroxyl groups is 1. The second kappa shape index (κ2) is 13.6. The molecule has 5 aromatic rings. The van der Waals surface area contributed by atoms with Gasteiger partial charge in [-0.1, -0.05) is 78.9 Å². The number of carbonyl (C=O) groups is 2. The van der Waals surface area contributed by atoms with Crippen molar-refractivity contribution in [3.05, 3.63) is 166 Å². The van der Waals surface area contributed by atoms with Crippen LogP contribution in [-0.2, 0) is 6.61 Å². The molecule has 6 heteroatoms. The first-order valence-corrected chi connectivity index (χ1v) is 13.9. The van der Waals surface area contributed by atoms with Gasteiger partial charge in [0.25, 0.3) is 0 Å². The number of carbonyl (C=O) groups excluding carboxylic acids is 2. The highest BCUT2D eigenvalue weighted by molar-refractivity contribution is 6.19. The molecule has 0 spiro atoms. The van der Waals surface area contributed by atoms with Gasteiger partial charge in [-0.25, -0.2) is 8.78 Å². The van der Waals surface area contributed by atoms with E-state index < -0.39 is 23.2 Å². The molecule has 0 saturated carbocycles.